The van der Waals surface area contributed by atoms with E-state index < -0.39 is 0 Å². The van der Waals surface area contributed by atoms with E-state index in [9.17, 15) is 4.79 Å². The van der Waals surface area contributed by atoms with Gasteiger partial charge in [0.1, 0.15) is 5.82 Å². The predicted molar refractivity (Wildman–Crippen MR) is 88.6 cm³/mol. The standard InChI is InChI=1S/C16H19N3O2S/c1-4-21-14(20)9-12-10-17-16(22-3)19-15(12)18-13-7-5-11(2)6-8-13/h5-8,10H,4,9H2,1-3H3,(H,17,18,19). The van der Waals surface area contributed by atoms with E-state index in [1.165, 1.54) is 17.3 Å². The number of benzene rings is 1. The van der Waals surface area contributed by atoms with Crippen molar-refractivity contribution in [3.8, 4) is 0 Å². The van der Waals surface area contributed by atoms with Crippen LogP contribution in [0.3, 0.4) is 0 Å². The molecule has 1 aromatic carbocycles. The Morgan fingerprint density at radius 3 is 2.68 bits per heavy atom. The third-order valence-electron chi connectivity index (χ3n) is 2.98. The van der Waals surface area contributed by atoms with Gasteiger partial charge < -0.3 is 10.1 Å². The van der Waals surface area contributed by atoms with Crippen LogP contribution in [0.1, 0.15) is 18.1 Å². The molecular weight excluding hydrogens is 298 g/mol. The zero-order valence-corrected chi connectivity index (χ0v) is 13.7. The van der Waals surface area contributed by atoms with E-state index in [2.05, 4.69) is 15.3 Å². The fourth-order valence-corrected chi connectivity index (χ4v) is 2.21. The minimum absolute atomic E-state index is 0.149. The second-order valence-electron chi connectivity index (χ2n) is 4.70. The van der Waals surface area contributed by atoms with Gasteiger partial charge in [-0.3, -0.25) is 4.79 Å². The molecule has 0 unspecified atom stereocenters. The first-order valence-corrected chi connectivity index (χ1v) is 8.24. The molecule has 0 atom stereocenters. The Labute approximate surface area is 134 Å². The van der Waals surface area contributed by atoms with Crippen LogP contribution in [-0.2, 0) is 16.0 Å². The molecule has 0 bridgehead atoms. The molecule has 0 amide bonds. The number of carbonyl (C=O) groups is 1. The SMILES string of the molecule is CCOC(=O)Cc1cnc(SC)nc1Nc1ccc(C)cc1. The lowest BCUT2D eigenvalue weighted by Crippen LogP contribution is -2.11. The summed E-state index contributed by atoms with van der Waals surface area (Å²) in [6.07, 6.45) is 3.74. The van der Waals surface area contributed by atoms with Crippen molar-refractivity contribution >= 4 is 29.2 Å². The number of nitrogens with one attached hydrogen (secondary N) is 1. The van der Waals surface area contributed by atoms with Crippen molar-refractivity contribution < 1.29 is 9.53 Å². The number of hydrogen-bond acceptors (Lipinski definition) is 6. The van der Waals surface area contributed by atoms with Crippen LogP contribution in [0.5, 0.6) is 0 Å². The molecule has 0 spiro atoms. The Balaban J connectivity index is 2.25. The molecule has 0 aliphatic heterocycles. The van der Waals surface area contributed by atoms with Crippen LogP contribution in [0, 0.1) is 6.92 Å². The largest absolute Gasteiger partial charge is 0.466 e. The van der Waals surface area contributed by atoms with Gasteiger partial charge in [0.15, 0.2) is 5.16 Å². The lowest BCUT2D eigenvalue weighted by Gasteiger charge is -2.11. The van der Waals surface area contributed by atoms with Gasteiger partial charge in [0.2, 0.25) is 0 Å². The zero-order valence-electron chi connectivity index (χ0n) is 12.9. The number of hydrogen-bond donors (Lipinski definition) is 1. The maximum absolute atomic E-state index is 11.7. The Morgan fingerprint density at radius 2 is 2.05 bits per heavy atom. The maximum Gasteiger partial charge on any atom is 0.310 e. The third kappa shape index (κ3) is 4.46. The van der Waals surface area contributed by atoms with Gasteiger partial charge in [0.05, 0.1) is 13.0 Å². The molecule has 1 aromatic heterocycles. The smallest absolute Gasteiger partial charge is 0.310 e. The van der Waals surface area contributed by atoms with E-state index in [0.717, 1.165) is 11.3 Å². The number of esters is 1. The molecule has 1 N–H and O–H groups in total. The molecule has 0 fully saturated rings. The highest BCUT2D eigenvalue weighted by Crippen LogP contribution is 2.22. The minimum atomic E-state index is -0.282. The Morgan fingerprint density at radius 1 is 1.32 bits per heavy atom. The van der Waals surface area contributed by atoms with Crippen LogP contribution in [0.15, 0.2) is 35.6 Å². The number of carbonyl (C=O) groups excluding carboxylic acids is 1. The lowest BCUT2D eigenvalue weighted by molar-refractivity contribution is -0.142. The molecule has 5 nitrogen and oxygen atoms in total. The molecule has 22 heavy (non-hydrogen) atoms. The minimum Gasteiger partial charge on any atom is -0.466 e. The highest BCUT2D eigenvalue weighted by Gasteiger charge is 2.12. The summed E-state index contributed by atoms with van der Waals surface area (Å²) in [5.41, 5.74) is 2.82. The molecule has 2 rings (SSSR count). The Hall–Kier alpha value is -2.08. The number of ether oxygens (including phenoxy) is 1. The van der Waals surface area contributed by atoms with Gasteiger partial charge in [-0.1, -0.05) is 29.5 Å². The average Bonchev–Trinajstić information content (AvgIpc) is 2.51. The van der Waals surface area contributed by atoms with Crippen LogP contribution >= 0.6 is 11.8 Å². The van der Waals surface area contributed by atoms with Gasteiger partial charge in [0.25, 0.3) is 0 Å². The average molecular weight is 317 g/mol. The Bertz CT molecular complexity index is 644. The molecule has 0 saturated heterocycles. The second kappa shape index (κ2) is 7.79. The summed E-state index contributed by atoms with van der Waals surface area (Å²) in [6.45, 7) is 4.19. The second-order valence-corrected chi connectivity index (χ2v) is 5.48. The monoisotopic (exact) mass is 317 g/mol. The number of thioether (sulfide) groups is 1. The molecule has 0 saturated carbocycles. The van der Waals surface area contributed by atoms with Crippen LogP contribution < -0.4 is 5.32 Å². The van der Waals surface area contributed by atoms with Crippen LogP contribution in [0.2, 0.25) is 0 Å². The fraction of sp³-hybridized carbons (Fsp3) is 0.312. The summed E-state index contributed by atoms with van der Waals surface area (Å²) in [6, 6.07) is 7.99. The van der Waals surface area contributed by atoms with Gasteiger partial charge in [-0.15, -0.1) is 0 Å². The van der Waals surface area contributed by atoms with Crippen molar-refractivity contribution in [1.29, 1.82) is 0 Å². The maximum atomic E-state index is 11.7. The molecule has 116 valence electrons. The van der Waals surface area contributed by atoms with Crippen molar-refractivity contribution in [2.45, 2.75) is 25.4 Å². The van der Waals surface area contributed by atoms with Crippen molar-refractivity contribution in [3.63, 3.8) is 0 Å². The molecular formula is C16H19N3O2S. The number of aryl methyl sites for hydroxylation is 1. The fourth-order valence-electron chi connectivity index (χ4n) is 1.87. The number of rotatable bonds is 6. The molecule has 0 aliphatic rings. The third-order valence-corrected chi connectivity index (χ3v) is 3.54. The van der Waals surface area contributed by atoms with E-state index in [1.807, 2.05) is 37.4 Å². The summed E-state index contributed by atoms with van der Waals surface area (Å²) in [4.78, 5) is 20.4. The van der Waals surface area contributed by atoms with Crippen molar-refractivity contribution in [2.24, 2.45) is 0 Å². The van der Waals surface area contributed by atoms with Crippen molar-refractivity contribution in [2.75, 3.05) is 18.2 Å². The lowest BCUT2D eigenvalue weighted by atomic mass is 10.2. The summed E-state index contributed by atoms with van der Waals surface area (Å²) in [5.74, 6) is 0.353. The molecule has 0 aliphatic carbocycles. The quantitative estimate of drug-likeness (QED) is 0.501. The summed E-state index contributed by atoms with van der Waals surface area (Å²) in [5, 5.41) is 3.90. The highest BCUT2D eigenvalue weighted by molar-refractivity contribution is 7.98. The molecule has 0 radical (unpaired) electrons. The number of anilines is 2. The van der Waals surface area contributed by atoms with Crippen LogP contribution in [-0.4, -0.2) is 28.8 Å². The van der Waals surface area contributed by atoms with Gasteiger partial charge in [-0.05, 0) is 32.2 Å². The predicted octanol–water partition coefficient (Wildman–Crippen LogP) is 3.36. The van der Waals surface area contributed by atoms with E-state index in [-0.39, 0.29) is 12.4 Å². The molecule has 2 aromatic rings. The van der Waals surface area contributed by atoms with E-state index in [1.54, 1.807) is 13.1 Å². The number of aromatic nitrogens is 2. The van der Waals surface area contributed by atoms with Crippen LogP contribution in [0.4, 0.5) is 11.5 Å². The summed E-state index contributed by atoms with van der Waals surface area (Å²) < 4.78 is 5.00. The summed E-state index contributed by atoms with van der Waals surface area (Å²) in [7, 11) is 0. The number of nitrogens with zero attached hydrogens (tertiary/aromatic N) is 2. The van der Waals surface area contributed by atoms with Crippen molar-refractivity contribution in [3.05, 3.63) is 41.6 Å². The first-order valence-electron chi connectivity index (χ1n) is 7.01. The van der Waals surface area contributed by atoms with Crippen molar-refractivity contribution in [1.82, 2.24) is 9.97 Å². The van der Waals surface area contributed by atoms with Gasteiger partial charge in [-0.2, -0.15) is 0 Å². The van der Waals surface area contributed by atoms with E-state index in [4.69, 9.17) is 4.74 Å². The van der Waals surface area contributed by atoms with Gasteiger partial charge >= 0.3 is 5.97 Å². The molecule has 6 heteroatoms. The van der Waals surface area contributed by atoms with Crippen LogP contribution in [0.25, 0.3) is 0 Å². The first-order chi connectivity index (χ1) is 10.6. The summed E-state index contributed by atoms with van der Waals surface area (Å²) >= 11 is 1.46. The normalized spacial score (nSPS) is 10.3. The molecule has 1 heterocycles. The van der Waals surface area contributed by atoms with Gasteiger partial charge in [-0.25, -0.2) is 9.97 Å². The zero-order chi connectivity index (χ0) is 15.9. The first kappa shape index (κ1) is 16.3. The van der Waals surface area contributed by atoms with Gasteiger partial charge in [0, 0.05) is 17.4 Å². The van der Waals surface area contributed by atoms with E-state index in [0.29, 0.717) is 17.6 Å². The topological polar surface area (TPSA) is 64.1 Å². The van der Waals surface area contributed by atoms with E-state index >= 15 is 0 Å². The Kier molecular flexibility index (Phi) is 5.77. The highest BCUT2D eigenvalue weighted by atomic mass is 32.2.